The number of carbonyl (C=O) groups is 1. The highest BCUT2D eigenvalue weighted by atomic mass is 16.5. The summed E-state index contributed by atoms with van der Waals surface area (Å²) < 4.78 is 5.09. The van der Waals surface area contributed by atoms with E-state index in [1.165, 1.54) is 12.4 Å². The Kier molecular flexibility index (Phi) is 5.31. The van der Waals surface area contributed by atoms with Crippen molar-refractivity contribution in [3.63, 3.8) is 0 Å². The van der Waals surface area contributed by atoms with Crippen molar-refractivity contribution in [3.05, 3.63) is 12.4 Å². The molecule has 7 nitrogen and oxygen atoms in total. The second kappa shape index (κ2) is 6.75. The van der Waals surface area contributed by atoms with E-state index < -0.39 is 12.0 Å². The van der Waals surface area contributed by atoms with Gasteiger partial charge in [0, 0.05) is 0 Å². The van der Waals surface area contributed by atoms with Crippen LogP contribution in [0.2, 0.25) is 0 Å². The topological polar surface area (TPSA) is 105 Å². The van der Waals surface area contributed by atoms with E-state index in [0.717, 1.165) is 0 Å². The second-order valence-corrected chi connectivity index (χ2v) is 4.02. The molecule has 0 aromatic carbocycles. The van der Waals surface area contributed by atoms with Crippen LogP contribution in [0.4, 0.5) is 5.82 Å². The van der Waals surface area contributed by atoms with Gasteiger partial charge in [0.2, 0.25) is 5.88 Å². The number of rotatable bonds is 7. The van der Waals surface area contributed by atoms with Gasteiger partial charge in [0.15, 0.2) is 0 Å². The molecule has 0 aliphatic carbocycles. The Morgan fingerprint density at radius 3 is 2.78 bits per heavy atom. The fourth-order valence-electron chi connectivity index (χ4n) is 1.31. The van der Waals surface area contributed by atoms with Crippen LogP contribution in [-0.2, 0) is 4.79 Å². The Morgan fingerprint density at radius 1 is 1.50 bits per heavy atom. The Balaban J connectivity index is 2.74. The Bertz CT molecular complexity index is 398. The average Bonchev–Trinajstić information content (AvgIpc) is 2.33. The third-order valence-electron chi connectivity index (χ3n) is 2.19. The van der Waals surface area contributed by atoms with Gasteiger partial charge in [0.05, 0.1) is 19.0 Å². The fraction of sp³-hybridized carbons (Fsp3) is 0.545. The molecule has 1 atom stereocenters. The van der Waals surface area contributed by atoms with E-state index in [1.807, 2.05) is 0 Å². The number of ether oxygens (including phenoxy) is 1. The lowest BCUT2D eigenvalue weighted by Crippen LogP contribution is -2.34. The molecule has 1 aromatic rings. The molecule has 0 fully saturated rings. The summed E-state index contributed by atoms with van der Waals surface area (Å²) >= 11 is 0. The van der Waals surface area contributed by atoms with Crippen molar-refractivity contribution >= 4 is 11.8 Å². The van der Waals surface area contributed by atoms with Gasteiger partial charge in [0.1, 0.15) is 18.5 Å². The Hall–Kier alpha value is -1.89. The quantitative estimate of drug-likeness (QED) is 0.646. The molecule has 0 saturated heterocycles. The predicted molar refractivity (Wildman–Crippen MR) is 64.5 cm³/mol. The van der Waals surface area contributed by atoms with E-state index >= 15 is 0 Å². The molecule has 0 unspecified atom stereocenters. The van der Waals surface area contributed by atoms with E-state index in [1.54, 1.807) is 13.8 Å². The van der Waals surface area contributed by atoms with Crippen LogP contribution < -0.4 is 10.1 Å². The van der Waals surface area contributed by atoms with Crippen LogP contribution in [0.3, 0.4) is 0 Å². The summed E-state index contributed by atoms with van der Waals surface area (Å²) in [6.07, 6.45) is 2.82. The number of hydrogen-bond acceptors (Lipinski definition) is 6. The predicted octanol–water partition coefficient (Wildman–Crippen LogP) is 0.369. The number of aliphatic hydroxyl groups excluding tert-OH is 1. The van der Waals surface area contributed by atoms with E-state index in [4.69, 9.17) is 14.9 Å². The van der Waals surface area contributed by atoms with Crippen molar-refractivity contribution in [2.75, 3.05) is 18.5 Å². The normalized spacial score (nSPS) is 12.2. The van der Waals surface area contributed by atoms with Crippen LogP contribution in [0, 0.1) is 5.92 Å². The molecule has 100 valence electrons. The third kappa shape index (κ3) is 4.17. The van der Waals surface area contributed by atoms with Crippen LogP contribution >= 0.6 is 0 Å². The van der Waals surface area contributed by atoms with Crippen molar-refractivity contribution in [3.8, 4) is 5.88 Å². The number of aliphatic hydroxyl groups is 1. The first-order chi connectivity index (χ1) is 8.54. The zero-order valence-electron chi connectivity index (χ0n) is 10.3. The molecule has 0 amide bonds. The van der Waals surface area contributed by atoms with Crippen LogP contribution in [0.15, 0.2) is 12.4 Å². The Labute approximate surface area is 105 Å². The molecular formula is C11H17N3O4. The number of anilines is 1. The third-order valence-corrected chi connectivity index (χ3v) is 2.19. The van der Waals surface area contributed by atoms with Gasteiger partial charge in [0.25, 0.3) is 0 Å². The monoisotopic (exact) mass is 255 g/mol. The SMILES string of the molecule is CC(C)[C@@H](Nc1cncc(OCCO)n1)C(=O)O. The van der Waals surface area contributed by atoms with E-state index in [2.05, 4.69) is 15.3 Å². The Morgan fingerprint density at radius 2 is 2.22 bits per heavy atom. The smallest absolute Gasteiger partial charge is 0.326 e. The summed E-state index contributed by atoms with van der Waals surface area (Å²) in [5.74, 6) is -0.478. The number of nitrogens with zero attached hydrogens (tertiary/aromatic N) is 2. The van der Waals surface area contributed by atoms with Crippen molar-refractivity contribution < 1.29 is 19.7 Å². The van der Waals surface area contributed by atoms with Crippen molar-refractivity contribution in [2.45, 2.75) is 19.9 Å². The number of aromatic nitrogens is 2. The summed E-state index contributed by atoms with van der Waals surface area (Å²) in [6.45, 7) is 3.59. The first-order valence-electron chi connectivity index (χ1n) is 5.59. The lowest BCUT2D eigenvalue weighted by atomic mass is 10.1. The maximum absolute atomic E-state index is 11.0. The summed E-state index contributed by atoms with van der Waals surface area (Å²) in [5.41, 5.74) is 0. The molecule has 0 aliphatic heterocycles. The van der Waals surface area contributed by atoms with Crippen molar-refractivity contribution in [2.24, 2.45) is 5.92 Å². The first kappa shape index (κ1) is 14.2. The number of carboxylic acid groups (broad SMARTS) is 1. The van der Waals surface area contributed by atoms with Crippen LogP contribution in [-0.4, -0.2) is 45.4 Å². The summed E-state index contributed by atoms with van der Waals surface area (Å²) in [6, 6.07) is -0.743. The molecule has 0 bridgehead atoms. The minimum absolute atomic E-state index is 0.0914. The number of hydrogen-bond donors (Lipinski definition) is 3. The number of carboxylic acids is 1. The van der Waals surface area contributed by atoms with Crippen LogP contribution in [0.25, 0.3) is 0 Å². The highest BCUT2D eigenvalue weighted by molar-refractivity contribution is 5.77. The zero-order valence-corrected chi connectivity index (χ0v) is 10.3. The molecule has 1 rings (SSSR count). The molecule has 7 heteroatoms. The van der Waals surface area contributed by atoms with Gasteiger partial charge in [-0.05, 0) is 5.92 Å². The molecule has 0 spiro atoms. The molecule has 1 aromatic heterocycles. The van der Waals surface area contributed by atoms with Gasteiger partial charge in [-0.1, -0.05) is 13.8 Å². The van der Waals surface area contributed by atoms with Gasteiger partial charge in [-0.15, -0.1) is 0 Å². The maximum Gasteiger partial charge on any atom is 0.326 e. The number of aliphatic carboxylic acids is 1. The molecule has 1 heterocycles. The minimum Gasteiger partial charge on any atom is -0.480 e. The zero-order chi connectivity index (χ0) is 13.5. The van der Waals surface area contributed by atoms with Gasteiger partial charge in [-0.2, -0.15) is 4.98 Å². The summed E-state index contributed by atoms with van der Waals surface area (Å²) in [4.78, 5) is 19.0. The number of nitrogens with one attached hydrogen (secondary N) is 1. The highest BCUT2D eigenvalue weighted by Crippen LogP contribution is 2.13. The summed E-state index contributed by atoms with van der Waals surface area (Å²) in [5, 5.41) is 20.4. The molecule has 0 aliphatic rings. The molecule has 0 saturated carbocycles. The van der Waals surface area contributed by atoms with E-state index in [0.29, 0.717) is 5.82 Å². The van der Waals surface area contributed by atoms with Gasteiger partial charge < -0.3 is 20.3 Å². The minimum atomic E-state index is -0.950. The summed E-state index contributed by atoms with van der Waals surface area (Å²) in [7, 11) is 0. The largest absolute Gasteiger partial charge is 0.480 e. The van der Waals surface area contributed by atoms with Gasteiger partial charge >= 0.3 is 5.97 Å². The van der Waals surface area contributed by atoms with Crippen molar-refractivity contribution in [1.29, 1.82) is 0 Å². The lowest BCUT2D eigenvalue weighted by molar-refractivity contribution is -0.138. The van der Waals surface area contributed by atoms with Crippen molar-refractivity contribution in [1.82, 2.24) is 9.97 Å². The van der Waals surface area contributed by atoms with E-state index in [-0.39, 0.29) is 25.0 Å². The van der Waals surface area contributed by atoms with Gasteiger partial charge in [-0.3, -0.25) is 4.98 Å². The first-order valence-corrected chi connectivity index (χ1v) is 5.59. The molecule has 0 radical (unpaired) electrons. The van der Waals surface area contributed by atoms with Crippen LogP contribution in [0.5, 0.6) is 5.88 Å². The maximum atomic E-state index is 11.0. The molecule has 18 heavy (non-hydrogen) atoms. The lowest BCUT2D eigenvalue weighted by Gasteiger charge is -2.18. The fourth-order valence-corrected chi connectivity index (χ4v) is 1.31. The highest BCUT2D eigenvalue weighted by Gasteiger charge is 2.21. The standard InChI is InChI=1S/C11H17N3O4/c1-7(2)10(11(16)17)14-8-5-12-6-9(13-8)18-4-3-15/h5-7,10,15H,3-4H2,1-2H3,(H,13,14)(H,16,17)/t10-/m1/s1. The van der Waals surface area contributed by atoms with E-state index in [9.17, 15) is 4.79 Å². The van der Waals surface area contributed by atoms with Crippen LogP contribution in [0.1, 0.15) is 13.8 Å². The molecule has 3 N–H and O–H groups in total. The van der Waals surface area contributed by atoms with Gasteiger partial charge in [-0.25, -0.2) is 4.79 Å². The average molecular weight is 255 g/mol. The second-order valence-electron chi connectivity index (χ2n) is 4.02. The molecular weight excluding hydrogens is 238 g/mol.